The normalized spacial score (nSPS) is 15.2. The number of anilines is 1. The Morgan fingerprint density at radius 2 is 1.69 bits per heavy atom. The molecular weight excluding hydrogens is 430 g/mol. The van der Waals surface area contributed by atoms with Crippen molar-refractivity contribution < 1.29 is 24.9 Å². The Balaban J connectivity index is 0.000000427. The molecule has 1 saturated heterocycles. The maximum Gasteiger partial charge on any atom is 0.414 e. The average Bonchev–Trinajstić information content (AvgIpc) is 3.28. The quantitative estimate of drug-likeness (QED) is 0.511. The van der Waals surface area contributed by atoms with E-state index in [-0.39, 0.29) is 0 Å². The topological polar surface area (TPSA) is 114 Å². The van der Waals surface area contributed by atoms with Gasteiger partial charge in [0.05, 0.1) is 11.8 Å². The Kier molecular flexibility index (Phi) is 7.79. The molecule has 1 aliphatic rings. The molecule has 32 heavy (non-hydrogen) atoms. The SMILES string of the molecule is CCN1CCN(c2nc(-c3ccc(C(C)O)cc3)cc3sccc23)CC1.O=C(O)C(=O)O. The summed E-state index contributed by atoms with van der Waals surface area (Å²) in [6.07, 6.45) is -0.442. The first kappa shape index (κ1) is 23.6. The fourth-order valence-corrected chi connectivity index (χ4v) is 4.36. The summed E-state index contributed by atoms with van der Waals surface area (Å²) in [4.78, 5) is 28.2. The second-order valence-electron chi connectivity index (χ2n) is 7.49. The first-order valence-corrected chi connectivity index (χ1v) is 11.3. The molecule has 0 radical (unpaired) electrons. The van der Waals surface area contributed by atoms with E-state index >= 15 is 0 Å². The molecule has 2 aromatic heterocycles. The third-order valence-corrected chi connectivity index (χ3v) is 6.28. The van der Waals surface area contributed by atoms with Crippen LogP contribution in [0.2, 0.25) is 0 Å². The molecule has 3 N–H and O–H groups in total. The Labute approximate surface area is 190 Å². The number of aliphatic hydroxyl groups excluding tert-OH is 1. The molecule has 3 heterocycles. The van der Waals surface area contributed by atoms with Gasteiger partial charge in [0.15, 0.2) is 0 Å². The summed E-state index contributed by atoms with van der Waals surface area (Å²) in [5.41, 5.74) is 3.03. The van der Waals surface area contributed by atoms with Gasteiger partial charge in [0.25, 0.3) is 0 Å². The number of carboxylic acid groups (broad SMARTS) is 2. The van der Waals surface area contributed by atoms with Crippen LogP contribution in [0.25, 0.3) is 21.3 Å². The Bertz CT molecular complexity index is 1060. The summed E-state index contributed by atoms with van der Waals surface area (Å²) in [5, 5.41) is 27.9. The lowest BCUT2D eigenvalue weighted by Gasteiger charge is -2.35. The van der Waals surface area contributed by atoms with Crippen LogP contribution in [0.4, 0.5) is 5.82 Å². The number of rotatable bonds is 4. The fraction of sp³-hybridized carbons (Fsp3) is 0.348. The standard InChI is InChI=1S/C21H25N3OS.C2H2O4/c1-3-23-9-11-24(12-10-23)21-18-8-13-26-20(18)14-19(22-21)17-6-4-16(5-7-17)15(2)25;3-1(4)2(5)6/h4-8,13-15,25H,3,9-12H2,1-2H3;(H,3,4)(H,5,6). The average molecular weight is 458 g/mol. The van der Waals surface area contributed by atoms with Crippen molar-refractivity contribution in [3.63, 3.8) is 0 Å². The molecule has 1 unspecified atom stereocenters. The van der Waals surface area contributed by atoms with E-state index in [4.69, 9.17) is 24.8 Å². The number of carbonyl (C=O) groups is 2. The van der Waals surface area contributed by atoms with E-state index in [1.165, 1.54) is 10.1 Å². The third kappa shape index (κ3) is 5.61. The zero-order valence-corrected chi connectivity index (χ0v) is 18.9. The van der Waals surface area contributed by atoms with Crippen molar-refractivity contribution in [1.29, 1.82) is 0 Å². The minimum atomic E-state index is -1.82. The molecule has 4 rings (SSSR count). The minimum Gasteiger partial charge on any atom is -0.473 e. The molecule has 0 amide bonds. The van der Waals surface area contributed by atoms with Crippen molar-refractivity contribution in [3.8, 4) is 11.3 Å². The predicted octanol–water partition coefficient (Wildman–Crippen LogP) is 3.31. The monoisotopic (exact) mass is 457 g/mol. The number of piperazine rings is 1. The van der Waals surface area contributed by atoms with Gasteiger partial charge in [0.1, 0.15) is 5.82 Å². The molecule has 0 bridgehead atoms. The van der Waals surface area contributed by atoms with Crippen molar-refractivity contribution in [1.82, 2.24) is 9.88 Å². The largest absolute Gasteiger partial charge is 0.473 e. The zero-order valence-electron chi connectivity index (χ0n) is 18.1. The van der Waals surface area contributed by atoms with Crippen LogP contribution >= 0.6 is 11.3 Å². The van der Waals surface area contributed by atoms with Crippen LogP contribution in [0.15, 0.2) is 41.8 Å². The van der Waals surface area contributed by atoms with Crippen molar-refractivity contribution in [2.45, 2.75) is 20.0 Å². The van der Waals surface area contributed by atoms with Gasteiger partial charge in [-0.05, 0) is 36.5 Å². The minimum absolute atomic E-state index is 0.442. The van der Waals surface area contributed by atoms with Gasteiger partial charge in [-0.25, -0.2) is 14.6 Å². The molecule has 170 valence electrons. The van der Waals surface area contributed by atoms with Crippen LogP contribution < -0.4 is 4.90 Å². The van der Waals surface area contributed by atoms with E-state index in [0.717, 1.165) is 55.4 Å². The summed E-state index contributed by atoms with van der Waals surface area (Å²) in [5.74, 6) is -2.54. The molecule has 1 aromatic carbocycles. The Morgan fingerprint density at radius 3 is 2.22 bits per heavy atom. The van der Waals surface area contributed by atoms with E-state index in [0.29, 0.717) is 0 Å². The Morgan fingerprint density at radius 1 is 1.06 bits per heavy atom. The van der Waals surface area contributed by atoms with Gasteiger partial charge in [-0.15, -0.1) is 11.3 Å². The number of aromatic nitrogens is 1. The fourth-order valence-electron chi connectivity index (χ4n) is 3.55. The summed E-state index contributed by atoms with van der Waals surface area (Å²) >= 11 is 1.77. The zero-order chi connectivity index (χ0) is 23.3. The first-order valence-electron chi connectivity index (χ1n) is 10.4. The van der Waals surface area contributed by atoms with E-state index in [2.05, 4.69) is 46.4 Å². The Hall–Kier alpha value is -3.01. The maximum atomic E-state index is 9.73. The highest BCUT2D eigenvalue weighted by molar-refractivity contribution is 7.17. The summed E-state index contributed by atoms with van der Waals surface area (Å²) < 4.78 is 1.28. The lowest BCUT2D eigenvalue weighted by Crippen LogP contribution is -2.46. The lowest BCUT2D eigenvalue weighted by atomic mass is 10.1. The van der Waals surface area contributed by atoms with E-state index < -0.39 is 18.0 Å². The second kappa shape index (κ2) is 10.5. The number of aliphatic hydroxyl groups is 1. The van der Waals surface area contributed by atoms with Crippen molar-refractivity contribution >= 4 is 39.2 Å². The van der Waals surface area contributed by atoms with Crippen molar-refractivity contribution in [3.05, 3.63) is 47.3 Å². The summed E-state index contributed by atoms with van der Waals surface area (Å²) in [7, 11) is 0. The predicted molar refractivity (Wildman–Crippen MR) is 125 cm³/mol. The summed E-state index contributed by atoms with van der Waals surface area (Å²) in [6, 6.07) is 12.5. The number of hydrogen-bond donors (Lipinski definition) is 3. The van der Waals surface area contributed by atoms with Crippen LogP contribution in [-0.2, 0) is 9.59 Å². The van der Waals surface area contributed by atoms with Crippen molar-refractivity contribution in [2.75, 3.05) is 37.6 Å². The van der Waals surface area contributed by atoms with Crippen LogP contribution in [0, 0.1) is 0 Å². The number of aliphatic carboxylic acids is 2. The second-order valence-corrected chi connectivity index (χ2v) is 8.44. The molecular formula is C23H27N3O5S. The first-order chi connectivity index (χ1) is 15.3. The van der Waals surface area contributed by atoms with Crippen LogP contribution in [0.3, 0.4) is 0 Å². The summed E-state index contributed by atoms with van der Waals surface area (Å²) in [6.45, 7) is 9.37. The highest BCUT2D eigenvalue weighted by Crippen LogP contribution is 2.34. The molecule has 3 aromatic rings. The smallest absolute Gasteiger partial charge is 0.414 e. The highest BCUT2D eigenvalue weighted by atomic mass is 32.1. The molecule has 9 heteroatoms. The lowest BCUT2D eigenvalue weighted by molar-refractivity contribution is -0.159. The molecule has 8 nitrogen and oxygen atoms in total. The number of thiophene rings is 1. The highest BCUT2D eigenvalue weighted by Gasteiger charge is 2.20. The number of likely N-dealkylation sites (N-methyl/N-ethyl adjacent to an activating group) is 1. The maximum absolute atomic E-state index is 9.73. The van der Waals surface area contributed by atoms with E-state index in [1.807, 2.05) is 12.1 Å². The molecule has 0 spiro atoms. The van der Waals surface area contributed by atoms with Gasteiger partial charge in [-0.3, -0.25) is 0 Å². The number of nitrogens with zero attached hydrogens (tertiary/aromatic N) is 3. The van der Waals surface area contributed by atoms with Gasteiger partial charge >= 0.3 is 11.9 Å². The number of benzene rings is 1. The van der Waals surface area contributed by atoms with E-state index in [1.54, 1.807) is 18.3 Å². The van der Waals surface area contributed by atoms with E-state index in [9.17, 15) is 5.11 Å². The molecule has 0 aliphatic carbocycles. The van der Waals surface area contributed by atoms with Crippen LogP contribution in [-0.4, -0.2) is 69.9 Å². The van der Waals surface area contributed by atoms with Gasteiger partial charge < -0.3 is 25.1 Å². The van der Waals surface area contributed by atoms with Gasteiger partial charge in [0, 0.05) is 41.8 Å². The van der Waals surface area contributed by atoms with Gasteiger partial charge in [-0.1, -0.05) is 31.2 Å². The number of hydrogen-bond acceptors (Lipinski definition) is 7. The third-order valence-electron chi connectivity index (χ3n) is 5.42. The van der Waals surface area contributed by atoms with Gasteiger partial charge in [0.2, 0.25) is 0 Å². The number of pyridine rings is 1. The van der Waals surface area contributed by atoms with Gasteiger partial charge in [-0.2, -0.15) is 0 Å². The molecule has 1 aliphatic heterocycles. The number of fused-ring (bicyclic) bond motifs is 1. The molecule has 1 atom stereocenters. The van der Waals surface area contributed by atoms with Crippen LogP contribution in [0.1, 0.15) is 25.5 Å². The van der Waals surface area contributed by atoms with Crippen LogP contribution in [0.5, 0.6) is 0 Å². The number of carboxylic acids is 2. The molecule has 1 fully saturated rings. The van der Waals surface area contributed by atoms with Crippen molar-refractivity contribution in [2.24, 2.45) is 0 Å². The molecule has 0 saturated carbocycles.